The van der Waals surface area contributed by atoms with Crippen LogP contribution >= 0.6 is 0 Å². The zero-order valence-corrected chi connectivity index (χ0v) is 24.2. The van der Waals surface area contributed by atoms with E-state index in [9.17, 15) is 19.8 Å². The van der Waals surface area contributed by atoms with Gasteiger partial charge in [-0.3, -0.25) is 14.6 Å². The van der Waals surface area contributed by atoms with Crippen LogP contribution in [-0.2, 0) is 22.4 Å². The maximum absolute atomic E-state index is 12.1. The van der Waals surface area contributed by atoms with Gasteiger partial charge in [-0.1, -0.05) is 26.5 Å². The van der Waals surface area contributed by atoms with Crippen molar-refractivity contribution < 1.29 is 19.8 Å². The first-order valence-corrected chi connectivity index (χ1v) is 14.0. The van der Waals surface area contributed by atoms with Gasteiger partial charge in [0.15, 0.2) is 0 Å². The van der Waals surface area contributed by atoms with Crippen LogP contribution < -0.4 is 0 Å². The molecule has 0 fully saturated rings. The molecule has 4 N–H and O–H groups in total. The van der Waals surface area contributed by atoms with Gasteiger partial charge >= 0.3 is 11.9 Å². The molecular formula is C33H36N4O4. The molecule has 8 bridgehead atoms. The molecule has 0 amide bonds. The van der Waals surface area contributed by atoms with Gasteiger partial charge in [0.25, 0.3) is 0 Å². The van der Waals surface area contributed by atoms with Crippen molar-refractivity contribution in [1.29, 1.82) is 0 Å². The second-order valence-electron chi connectivity index (χ2n) is 11.0. The number of aromatic amines is 2. The monoisotopic (exact) mass is 552 g/mol. The lowest BCUT2D eigenvalue weighted by atomic mass is 9.85. The Bertz CT molecular complexity index is 1790. The Morgan fingerprint density at radius 1 is 0.951 bits per heavy atom. The summed E-state index contributed by atoms with van der Waals surface area (Å²) in [6, 6.07) is 6.14. The van der Waals surface area contributed by atoms with Gasteiger partial charge in [0.1, 0.15) is 0 Å². The molecule has 5 heterocycles. The number of aliphatic carboxylic acids is 2. The Kier molecular flexibility index (Phi) is 7.43. The molecule has 0 aliphatic carbocycles. The smallest absolute Gasteiger partial charge is 0.307 e. The molecule has 2 aliphatic rings. The van der Waals surface area contributed by atoms with Crippen molar-refractivity contribution in [2.24, 2.45) is 0 Å². The van der Waals surface area contributed by atoms with Crippen LogP contribution in [0.1, 0.15) is 96.0 Å². The predicted molar refractivity (Wildman–Crippen MR) is 163 cm³/mol. The second-order valence-corrected chi connectivity index (χ2v) is 11.0. The van der Waals surface area contributed by atoms with Gasteiger partial charge < -0.3 is 20.2 Å². The molecule has 0 aromatic carbocycles. The quantitative estimate of drug-likeness (QED) is 0.248. The van der Waals surface area contributed by atoms with Crippen LogP contribution in [0.5, 0.6) is 0 Å². The summed E-state index contributed by atoms with van der Waals surface area (Å²) >= 11 is 0. The summed E-state index contributed by atoms with van der Waals surface area (Å²) in [6.45, 7) is 14.3. The molecule has 8 heteroatoms. The minimum atomic E-state index is -0.987. The lowest BCUT2D eigenvalue weighted by Crippen LogP contribution is -2.11. The number of rotatable bonds is 7. The number of nitrogens with zero attached hydrogens (tertiary/aromatic N) is 2. The third-order valence-corrected chi connectivity index (χ3v) is 8.52. The highest BCUT2D eigenvalue weighted by Crippen LogP contribution is 2.42. The van der Waals surface area contributed by atoms with E-state index in [1.165, 1.54) is 5.56 Å². The van der Waals surface area contributed by atoms with Gasteiger partial charge in [0.05, 0.1) is 23.5 Å². The molecule has 2 unspecified atom stereocenters. The highest BCUT2D eigenvalue weighted by atomic mass is 16.4. The first kappa shape index (κ1) is 28.1. The number of aryl methyl sites for hydroxylation is 3. The molecule has 41 heavy (non-hydrogen) atoms. The number of H-pyrrole nitrogens is 2. The Morgan fingerprint density at radius 3 is 2.32 bits per heavy atom. The average molecular weight is 553 g/mol. The zero-order chi connectivity index (χ0) is 29.6. The third kappa shape index (κ3) is 5.10. The molecular weight excluding hydrogens is 516 g/mol. The largest absolute Gasteiger partial charge is 0.481 e. The number of hydrogen-bond acceptors (Lipinski definition) is 4. The van der Waals surface area contributed by atoms with Crippen LogP contribution in [0.3, 0.4) is 0 Å². The highest BCUT2D eigenvalue weighted by Gasteiger charge is 2.33. The lowest BCUT2D eigenvalue weighted by Gasteiger charge is -2.17. The number of allylic oxidation sites excluding steroid dienone is 1. The highest BCUT2D eigenvalue weighted by molar-refractivity contribution is 5.87. The van der Waals surface area contributed by atoms with E-state index in [-0.39, 0.29) is 24.7 Å². The van der Waals surface area contributed by atoms with Crippen molar-refractivity contribution in [2.45, 2.75) is 72.1 Å². The first-order chi connectivity index (χ1) is 19.5. The van der Waals surface area contributed by atoms with Gasteiger partial charge in [0, 0.05) is 57.1 Å². The van der Waals surface area contributed by atoms with Gasteiger partial charge in [-0.25, -0.2) is 4.98 Å². The summed E-state index contributed by atoms with van der Waals surface area (Å²) in [6.07, 6.45) is 4.64. The molecule has 0 spiro atoms. The van der Waals surface area contributed by atoms with Crippen molar-refractivity contribution in [3.63, 3.8) is 0 Å². The Labute approximate surface area is 238 Å². The number of aromatic nitrogens is 4. The van der Waals surface area contributed by atoms with E-state index < -0.39 is 11.9 Å². The van der Waals surface area contributed by atoms with Crippen molar-refractivity contribution in [2.75, 3.05) is 0 Å². The normalized spacial score (nSPS) is 16.5. The lowest BCUT2D eigenvalue weighted by molar-refractivity contribution is -0.138. The van der Waals surface area contributed by atoms with Crippen LogP contribution in [0.15, 0.2) is 24.8 Å². The van der Waals surface area contributed by atoms with Crippen molar-refractivity contribution in [3.05, 3.63) is 75.4 Å². The Balaban J connectivity index is 1.97. The molecule has 0 radical (unpaired) electrons. The van der Waals surface area contributed by atoms with E-state index >= 15 is 0 Å². The van der Waals surface area contributed by atoms with Gasteiger partial charge in [-0.15, -0.1) is 0 Å². The Hall–Kier alpha value is -4.46. The summed E-state index contributed by atoms with van der Waals surface area (Å²) in [5.41, 5.74) is 12.3. The molecule has 2 aliphatic heterocycles. The van der Waals surface area contributed by atoms with Crippen molar-refractivity contribution in [1.82, 2.24) is 19.9 Å². The summed E-state index contributed by atoms with van der Waals surface area (Å²) in [4.78, 5) is 40.8. The minimum Gasteiger partial charge on any atom is -0.481 e. The molecule has 8 nitrogen and oxygen atoms in total. The molecule has 3 aromatic rings. The molecule has 0 saturated carbocycles. The summed E-state index contributed by atoms with van der Waals surface area (Å²) in [5, 5.41) is 19.4. The molecule has 0 saturated heterocycles. The maximum atomic E-state index is 12.1. The number of carboxylic acid groups (broad SMARTS) is 2. The zero-order valence-electron chi connectivity index (χ0n) is 24.2. The second kappa shape index (κ2) is 10.8. The van der Waals surface area contributed by atoms with Crippen LogP contribution in [0.25, 0.3) is 39.8 Å². The van der Waals surface area contributed by atoms with Crippen molar-refractivity contribution in [3.8, 4) is 0 Å². The van der Waals surface area contributed by atoms with Gasteiger partial charge in [0.2, 0.25) is 0 Å². The molecule has 3 aromatic heterocycles. The van der Waals surface area contributed by atoms with Crippen LogP contribution in [-0.4, -0.2) is 42.1 Å². The number of carboxylic acids is 2. The van der Waals surface area contributed by atoms with Crippen LogP contribution in [0, 0.1) is 13.8 Å². The van der Waals surface area contributed by atoms with Gasteiger partial charge in [-0.05, 0) is 80.2 Å². The fourth-order valence-electron chi connectivity index (χ4n) is 6.19. The van der Waals surface area contributed by atoms with E-state index in [2.05, 4.69) is 36.5 Å². The van der Waals surface area contributed by atoms with E-state index in [1.54, 1.807) is 0 Å². The van der Waals surface area contributed by atoms with E-state index in [4.69, 9.17) is 9.97 Å². The summed E-state index contributed by atoms with van der Waals surface area (Å²) in [7, 11) is 0. The fraction of sp³-hybridized carbons (Fsp3) is 0.333. The van der Waals surface area contributed by atoms with E-state index in [0.29, 0.717) is 23.4 Å². The number of hydrogen-bond donors (Lipinski definition) is 4. The fourth-order valence-corrected chi connectivity index (χ4v) is 6.19. The predicted octanol–water partition coefficient (Wildman–Crippen LogP) is 7.08. The standard InChI is InChI=1S/C33H36N4O4/c1-7-20-18(5)26-15-30-21(8-2)17(4)25(35-30)14-27-19(6)22(9-10-31(38)39)33(37-27)23(12-32(40)41)28-11-16(3)24(34-28)13-29(20)36-26/h8,11,13-15,19,22,35-36H,2,7,9-10,12H2,1,3-6H3,(H,38,39)(H,40,41). The van der Waals surface area contributed by atoms with E-state index in [0.717, 1.165) is 62.1 Å². The van der Waals surface area contributed by atoms with E-state index in [1.807, 2.05) is 45.1 Å². The van der Waals surface area contributed by atoms with Crippen LogP contribution in [0.2, 0.25) is 0 Å². The number of fused-ring (bicyclic) bond motifs is 8. The Morgan fingerprint density at radius 2 is 1.66 bits per heavy atom. The summed E-state index contributed by atoms with van der Waals surface area (Å²) in [5.74, 6) is -2.26. The molecule has 212 valence electrons. The molecule has 5 rings (SSSR count). The van der Waals surface area contributed by atoms with Crippen molar-refractivity contribution >= 4 is 51.7 Å². The molecule has 2 atom stereocenters. The third-order valence-electron chi connectivity index (χ3n) is 8.52. The average Bonchev–Trinajstić information content (AvgIpc) is 3.60. The van der Waals surface area contributed by atoms with Crippen LogP contribution in [0.4, 0.5) is 0 Å². The minimum absolute atomic E-state index is 0.0382. The summed E-state index contributed by atoms with van der Waals surface area (Å²) < 4.78 is 0. The SMILES string of the molecule is C=Cc1c(C)c2cc3nc(c(CC(=O)O)c4nc(cc5[nH]c(cc1[nH]2)c(C)c5CC)C(C)=C4)C(CCC(=O)O)C3C. The first-order valence-electron chi connectivity index (χ1n) is 14.0. The number of nitrogens with one attached hydrogen (secondary N) is 2. The topological polar surface area (TPSA) is 132 Å². The van der Waals surface area contributed by atoms with Gasteiger partial charge in [-0.2, -0.15) is 0 Å². The maximum Gasteiger partial charge on any atom is 0.307 e. The number of carbonyl (C=O) groups is 2.